The number of nitrogens with zero attached hydrogens (tertiary/aromatic N) is 1. The highest BCUT2D eigenvalue weighted by atomic mass is 19.4. The fraction of sp³-hybridized carbons (Fsp3) is 0.429. The number of halogens is 3. The van der Waals surface area contributed by atoms with Gasteiger partial charge in [-0.15, -0.1) is 0 Å². The Balaban J connectivity index is 1.57. The Morgan fingerprint density at radius 2 is 1.83 bits per heavy atom. The lowest BCUT2D eigenvalue weighted by Gasteiger charge is -2.33. The maximum atomic E-state index is 12.6. The third-order valence-electron chi connectivity index (χ3n) is 5.26. The van der Waals surface area contributed by atoms with Crippen LogP contribution in [0.2, 0.25) is 0 Å². The van der Waals surface area contributed by atoms with Crippen molar-refractivity contribution in [3.63, 3.8) is 0 Å². The van der Waals surface area contributed by atoms with Gasteiger partial charge >= 0.3 is 6.18 Å². The van der Waals surface area contributed by atoms with Gasteiger partial charge in [0.2, 0.25) is 0 Å². The van der Waals surface area contributed by atoms with E-state index in [2.05, 4.69) is 17.1 Å². The van der Waals surface area contributed by atoms with Gasteiger partial charge in [0.25, 0.3) is 11.5 Å². The summed E-state index contributed by atoms with van der Waals surface area (Å²) in [7, 11) is 0. The van der Waals surface area contributed by atoms with E-state index < -0.39 is 23.3 Å². The number of aromatic nitrogens is 1. The Morgan fingerprint density at radius 3 is 2.45 bits per heavy atom. The molecule has 2 heterocycles. The lowest BCUT2D eigenvalue weighted by molar-refractivity contribution is -0.141. The molecule has 0 aliphatic carbocycles. The van der Waals surface area contributed by atoms with E-state index in [1.807, 2.05) is 24.3 Å². The third kappa shape index (κ3) is 5.47. The summed E-state index contributed by atoms with van der Waals surface area (Å²) in [6.07, 6.45) is -0.954. The third-order valence-corrected chi connectivity index (χ3v) is 5.26. The normalized spacial score (nSPS) is 17.9. The van der Waals surface area contributed by atoms with Crippen molar-refractivity contribution < 1.29 is 18.0 Å². The first-order valence-electron chi connectivity index (χ1n) is 9.64. The van der Waals surface area contributed by atoms with Crippen LogP contribution in [-0.2, 0) is 19.3 Å². The van der Waals surface area contributed by atoms with Crippen molar-refractivity contribution in [2.75, 3.05) is 6.54 Å². The standard InChI is InChI=1S/C21H24F3N3O2/c1-14-4-2-3-11-27(14)13-16-7-5-15(6-8-16)12-25-19(28)17-9-10-18(21(22,23)24)26-20(17)29/h5-10,14H,2-4,11-13H2,1H3,(H,25,28)(H,26,29)/t14-/m1/s1. The second kappa shape index (κ2) is 8.82. The molecule has 3 rings (SSSR count). The zero-order valence-corrected chi connectivity index (χ0v) is 16.2. The van der Waals surface area contributed by atoms with Crippen LogP contribution in [0.3, 0.4) is 0 Å². The first-order chi connectivity index (χ1) is 13.7. The molecule has 1 aliphatic heterocycles. The smallest absolute Gasteiger partial charge is 0.348 e. The summed E-state index contributed by atoms with van der Waals surface area (Å²) < 4.78 is 37.8. The van der Waals surface area contributed by atoms with Gasteiger partial charge in [0, 0.05) is 19.1 Å². The fourth-order valence-electron chi connectivity index (χ4n) is 3.48. The highest BCUT2D eigenvalue weighted by molar-refractivity contribution is 5.93. The molecule has 2 N–H and O–H groups in total. The van der Waals surface area contributed by atoms with Crippen LogP contribution < -0.4 is 10.9 Å². The van der Waals surface area contributed by atoms with E-state index in [1.165, 1.54) is 24.8 Å². The number of pyridine rings is 1. The predicted octanol–water partition coefficient (Wildman–Crippen LogP) is 3.70. The quantitative estimate of drug-likeness (QED) is 0.795. The molecule has 1 aromatic heterocycles. The molecule has 29 heavy (non-hydrogen) atoms. The van der Waals surface area contributed by atoms with Gasteiger partial charge < -0.3 is 10.3 Å². The van der Waals surface area contributed by atoms with Gasteiger partial charge in [-0.1, -0.05) is 30.7 Å². The molecule has 0 saturated carbocycles. The van der Waals surface area contributed by atoms with Crippen molar-refractivity contribution in [2.24, 2.45) is 0 Å². The van der Waals surface area contributed by atoms with Crippen molar-refractivity contribution in [1.82, 2.24) is 15.2 Å². The molecule has 8 heteroatoms. The van der Waals surface area contributed by atoms with Crippen molar-refractivity contribution in [3.8, 4) is 0 Å². The summed E-state index contributed by atoms with van der Waals surface area (Å²) in [4.78, 5) is 28.1. The Morgan fingerprint density at radius 1 is 1.14 bits per heavy atom. The number of benzene rings is 1. The highest BCUT2D eigenvalue weighted by Gasteiger charge is 2.32. The number of piperidine rings is 1. The fourth-order valence-corrected chi connectivity index (χ4v) is 3.48. The van der Waals surface area contributed by atoms with Gasteiger partial charge in [-0.25, -0.2) is 0 Å². The second-order valence-corrected chi connectivity index (χ2v) is 7.43. The molecule has 1 aliphatic rings. The van der Waals surface area contributed by atoms with Crippen molar-refractivity contribution in [1.29, 1.82) is 0 Å². The average Bonchev–Trinajstić information content (AvgIpc) is 2.68. The first kappa shape index (κ1) is 21.1. The van der Waals surface area contributed by atoms with E-state index in [9.17, 15) is 22.8 Å². The molecule has 1 saturated heterocycles. The van der Waals surface area contributed by atoms with Gasteiger partial charge in [0.05, 0.1) is 0 Å². The summed E-state index contributed by atoms with van der Waals surface area (Å²) in [5.74, 6) is -0.716. The Hall–Kier alpha value is -2.61. The van der Waals surface area contributed by atoms with Crippen LogP contribution in [0.15, 0.2) is 41.2 Å². The van der Waals surface area contributed by atoms with Gasteiger partial charge in [-0.2, -0.15) is 13.2 Å². The minimum atomic E-state index is -4.66. The number of alkyl halides is 3. The Bertz CT molecular complexity index is 907. The maximum Gasteiger partial charge on any atom is 0.431 e. The topological polar surface area (TPSA) is 65.2 Å². The van der Waals surface area contributed by atoms with Crippen LogP contribution >= 0.6 is 0 Å². The van der Waals surface area contributed by atoms with Gasteiger partial charge in [0.1, 0.15) is 11.3 Å². The second-order valence-electron chi connectivity index (χ2n) is 7.43. The first-order valence-corrected chi connectivity index (χ1v) is 9.64. The Labute approximate surface area is 166 Å². The van der Waals surface area contributed by atoms with E-state index in [1.54, 1.807) is 4.98 Å². The van der Waals surface area contributed by atoms with Gasteiger partial charge in [-0.3, -0.25) is 14.5 Å². The Kier molecular flexibility index (Phi) is 6.42. The predicted molar refractivity (Wildman–Crippen MR) is 103 cm³/mol. The average molecular weight is 407 g/mol. The van der Waals surface area contributed by atoms with Crippen molar-refractivity contribution in [3.05, 3.63) is 69.1 Å². The number of nitrogens with one attached hydrogen (secondary N) is 2. The number of carbonyl (C=O) groups is 1. The lowest BCUT2D eigenvalue weighted by atomic mass is 10.0. The molecular formula is C21H24F3N3O2. The molecule has 1 fully saturated rings. The number of hydrogen-bond acceptors (Lipinski definition) is 3. The molecule has 5 nitrogen and oxygen atoms in total. The molecule has 0 radical (unpaired) electrons. The van der Waals surface area contributed by atoms with Crippen molar-refractivity contribution >= 4 is 5.91 Å². The number of amides is 1. The van der Waals surface area contributed by atoms with Crippen LogP contribution in [-0.4, -0.2) is 28.4 Å². The van der Waals surface area contributed by atoms with Crippen LogP contribution in [0.1, 0.15) is 53.4 Å². The largest absolute Gasteiger partial charge is 0.431 e. The molecule has 1 atom stereocenters. The van der Waals surface area contributed by atoms with Crippen molar-refractivity contribution in [2.45, 2.75) is 51.5 Å². The summed E-state index contributed by atoms with van der Waals surface area (Å²) in [5.41, 5.74) is -0.570. The summed E-state index contributed by atoms with van der Waals surface area (Å²) >= 11 is 0. The lowest BCUT2D eigenvalue weighted by Crippen LogP contribution is -2.36. The molecule has 0 spiro atoms. The van der Waals surface area contributed by atoms with Gasteiger partial charge in [0.15, 0.2) is 0 Å². The number of rotatable bonds is 5. The molecule has 156 valence electrons. The molecule has 1 aromatic carbocycles. The molecule has 0 unspecified atom stereocenters. The summed E-state index contributed by atoms with van der Waals surface area (Å²) in [5, 5.41) is 2.57. The molecule has 0 bridgehead atoms. The van der Waals surface area contributed by atoms with Crippen LogP contribution in [0.25, 0.3) is 0 Å². The monoisotopic (exact) mass is 407 g/mol. The number of carbonyl (C=O) groups excluding carboxylic acids is 1. The summed E-state index contributed by atoms with van der Waals surface area (Å²) in [6, 6.07) is 9.97. The zero-order chi connectivity index (χ0) is 21.0. The zero-order valence-electron chi connectivity index (χ0n) is 16.2. The van der Waals surface area contributed by atoms with E-state index >= 15 is 0 Å². The maximum absolute atomic E-state index is 12.6. The molecular weight excluding hydrogens is 383 g/mol. The van der Waals surface area contributed by atoms with Crippen LogP contribution in [0.5, 0.6) is 0 Å². The number of aromatic amines is 1. The minimum Gasteiger partial charge on any atom is -0.348 e. The van der Waals surface area contributed by atoms with E-state index in [-0.39, 0.29) is 12.1 Å². The summed E-state index contributed by atoms with van der Waals surface area (Å²) in [6.45, 7) is 4.40. The van der Waals surface area contributed by atoms with E-state index in [0.717, 1.165) is 24.7 Å². The molecule has 1 amide bonds. The van der Waals surface area contributed by atoms with Crippen LogP contribution in [0.4, 0.5) is 13.2 Å². The number of hydrogen-bond donors (Lipinski definition) is 2. The van der Waals surface area contributed by atoms with Crippen LogP contribution in [0, 0.1) is 0 Å². The van der Waals surface area contributed by atoms with E-state index in [0.29, 0.717) is 12.1 Å². The van der Waals surface area contributed by atoms with E-state index in [4.69, 9.17) is 0 Å². The highest BCUT2D eigenvalue weighted by Crippen LogP contribution is 2.26. The molecule has 2 aromatic rings. The number of likely N-dealkylation sites (tertiary alicyclic amines) is 1. The SMILES string of the molecule is C[C@@H]1CCCCN1Cc1ccc(CNC(=O)c2ccc(C(F)(F)F)[nH]c2=O)cc1. The number of H-pyrrole nitrogens is 1. The minimum absolute atomic E-state index is 0.180. The van der Waals surface area contributed by atoms with Gasteiger partial charge in [-0.05, 0) is 49.6 Å².